The number of carbonyl (C=O) groups excluding carboxylic acids is 2. The molecule has 0 aliphatic rings. The van der Waals surface area contributed by atoms with Crippen LogP contribution in [0.4, 0.5) is 0 Å². The lowest BCUT2D eigenvalue weighted by molar-refractivity contribution is -0.161. The van der Waals surface area contributed by atoms with Gasteiger partial charge in [0.25, 0.3) is 0 Å². The molecule has 3 N–H and O–H groups in total. The maximum atomic E-state index is 12.4. The number of nitrogens with two attached hydrogens (primary N) is 1. The second kappa shape index (κ2) is 27.9. The molecular weight excluding hydrogens is 545 g/mol. The molecule has 41 heavy (non-hydrogen) atoms. The first-order chi connectivity index (χ1) is 19.8. The first kappa shape index (κ1) is 38.7. The molecule has 2 unspecified atom stereocenters. The lowest BCUT2D eigenvalue weighted by Crippen LogP contribution is -2.29. The average Bonchev–Trinajstić information content (AvgIpc) is 2.95. The fourth-order valence-electron chi connectivity index (χ4n) is 3.31. The summed E-state index contributed by atoms with van der Waals surface area (Å²) in [6.07, 6.45) is 28.7. The molecule has 0 heterocycles. The number of carbonyl (C=O) groups is 2. The zero-order valence-electron chi connectivity index (χ0n) is 25.0. The van der Waals surface area contributed by atoms with Gasteiger partial charge in [-0.25, -0.2) is 4.57 Å². The van der Waals surface area contributed by atoms with Gasteiger partial charge in [0.15, 0.2) is 6.10 Å². The lowest BCUT2D eigenvalue weighted by atomic mass is 10.1. The summed E-state index contributed by atoms with van der Waals surface area (Å²) >= 11 is 0. The van der Waals surface area contributed by atoms with Gasteiger partial charge in [-0.1, -0.05) is 93.9 Å². The van der Waals surface area contributed by atoms with E-state index in [9.17, 15) is 19.0 Å². The summed E-state index contributed by atoms with van der Waals surface area (Å²) < 4.78 is 32.2. The van der Waals surface area contributed by atoms with E-state index >= 15 is 0 Å². The van der Waals surface area contributed by atoms with Gasteiger partial charge in [0.2, 0.25) is 0 Å². The van der Waals surface area contributed by atoms with Crippen molar-refractivity contribution in [2.24, 2.45) is 5.73 Å². The molecule has 0 aromatic heterocycles. The van der Waals surface area contributed by atoms with E-state index in [0.717, 1.165) is 44.9 Å². The second-order valence-corrected chi connectivity index (χ2v) is 10.8. The molecule has 0 spiro atoms. The van der Waals surface area contributed by atoms with Gasteiger partial charge in [-0.3, -0.25) is 18.6 Å². The van der Waals surface area contributed by atoms with Gasteiger partial charge in [-0.05, 0) is 44.9 Å². The zero-order valence-corrected chi connectivity index (χ0v) is 25.9. The molecule has 10 heteroatoms. The SMILES string of the molecule is CC/C=C/C=C/C=C/C=C/CCCCCC(=O)OC(COC(=O)CC/C=C/CCCCC)COP(=O)(O)OCCN. The third-order valence-electron chi connectivity index (χ3n) is 5.50. The van der Waals surface area contributed by atoms with Crippen molar-refractivity contribution < 1.29 is 37.6 Å². The third-order valence-corrected chi connectivity index (χ3v) is 6.48. The van der Waals surface area contributed by atoms with Crippen LogP contribution in [0.3, 0.4) is 0 Å². The first-order valence-electron chi connectivity index (χ1n) is 14.8. The Morgan fingerprint density at radius 3 is 2.12 bits per heavy atom. The van der Waals surface area contributed by atoms with Gasteiger partial charge < -0.3 is 20.1 Å². The molecule has 0 bridgehead atoms. The summed E-state index contributed by atoms with van der Waals surface area (Å²) in [5, 5.41) is 0. The summed E-state index contributed by atoms with van der Waals surface area (Å²) in [5.41, 5.74) is 5.29. The highest BCUT2D eigenvalue weighted by Gasteiger charge is 2.25. The van der Waals surface area contributed by atoms with Gasteiger partial charge in [0, 0.05) is 19.4 Å². The van der Waals surface area contributed by atoms with Crippen LogP contribution in [0.15, 0.2) is 60.8 Å². The topological polar surface area (TPSA) is 134 Å². The van der Waals surface area contributed by atoms with Gasteiger partial charge in [-0.15, -0.1) is 0 Å². The van der Waals surface area contributed by atoms with Gasteiger partial charge in [-0.2, -0.15) is 0 Å². The maximum absolute atomic E-state index is 12.4. The predicted octanol–water partition coefficient (Wildman–Crippen LogP) is 7.04. The van der Waals surface area contributed by atoms with Crippen LogP contribution in [0.25, 0.3) is 0 Å². The minimum atomic E-state index is -4.38. The minimum absolute atomic E-state index is 0.0394. The van der Waals surface area contributed by atoms with E-state index in [1.165, 1.54) is 6.42 Å². The highest BCUT2D eigenvalue weighted by Crippen LogP contribution is 2.43. The molecule has 0 radical (unpaired) electrons. The second-order valence-electron chi connectivity index (χ2n) is 9.32. The fourth-order valence-corrected chi connectivity index (χ4v) is 4.07. The van der Waals surface area contributed by atoms with Crippen molar-refractivity contribution in [3.63, 3.8) is 0 Å². The number of phosphoric ester groups is 1. The largest absolute Gasteiger partial charge is 0.472 e. The van der Waals surface area contributed by atoms with Crippen LogP contribution in [0.5, 0.6) is 0 Å². The Hall–Kier alpha value is -2.29. The Morgan fingerprint density at radius 1 is 0.756 bits per heavy atom. The molecule has 0 saturated carbocycles. The van der Waals surface area contributed by atoms with Gasteiger partial charge in [0.05, 0.1) is 13.2 Å². The molecular formula is C31H52NO8P. The van der Waals surface area contributed by atoms with Crippen molar-refractivity contribution in [1.82, 2.24) is 0 Å². The smallest absolute Gasteiger partial charge is 0.462 e. The highest BCUT2D eigenvalue weighted by atomic mass is 31.2. The Kier molecular flexibility index (Phi) is 26.3. The van der Waals surface area contributed by atoms with Crippen molar-refractivity contribution in [3.05, 3.63) is 60.8 Å². The standard InChI is InChI=1S/C31H52NO8P/c1-3-5-7-9-11-12-13-14-15-16-18-20-22-24-31(34)40-29(28-39-41(35,36)38-26-25-32)27-37-30(33)23-21-19-17-10-8-6-4-2/h5,7,9,11-15,17,19,29H,3-4,6,8,10,16,18,20-28,32H2,1-2H3,(H,35,36)/b7-5+,11-9+,13-12+,15-14+,19-17+. The van der Waals surface area contributed by atoms with Crippen LogP contribution in [-0.2, 0) is 32.7 Å². The van der Waals surface area contributed by atoms with Crippen LogP contribution in [-0.4, -0.2) is 49.3 Å². The van der Waals surface area contributed by atoms with E-state index < -0.39 is 32.5 Å². The Labute approximate surface area is 247 Å². The summed E-state index contributed by atoms with van der Waals surface area (Å²) in [6.45, 7) is 3.36. The summed E-state index contributed by atoms with van der Waals surface area (Å²) in [5.74, 6) is -0.953. The predicted molar refractivity (Wildman–Crippen MR) is 164 cm³/mol. The van der Waals surface area contributed by atoms with Crippen molar-refractivity contribution in [3.8, 4) is 0 Å². The molecule has 0 aliphatic heterocycles. The number of hydrogen-bond donors (Lipinski definition) is 2. The number of hydrogen-bond acceptors (Lipinski definition) is 8. The normalized spacial score (nSPS) is 14.5. The van der Waals surface area contributed by atoms with Crippen molar-refractivity contribution >= 4 is 19.8 Å². The number of esters is 2. The number of phosphoric acid groups is 1. The molecule has 0 aromatic carbocycles. The molecule has 234 valence electrons. The van der Waals surface area contributed by atoms with Crippen LogP contribution < -0.4 is 5.73 Å². The molecule has 9 nitrogen and oxygen atoms in total. The molecule has 2 atom stereocenters. The Morgan fingerprint density at radius 2 is 1.41 bits per heavy atom. The molecule has 0 saturated heterocycles. The molecule has 0 aromatic rings. The van der Waals surface area contributed by atoms with E-state index in [0.29, 0.717) is 12.8 Å². The fraction of sp³-hybridized carbons (Fsp3) is 0.613. The van der Waals surface area contributed by atoms with Crippen molar-refractivity contribution in [1.29, 1.82) is 0 Å². The van der Waals surface area contributed by atoms with Crippen LogP contribution in [0.2, 0.25) is 0 Å². The quantitative estimate of drug-likeness (QED) is 0.0354. The van der Waals surface area contributed by atoms with E-state index in [1.807, 2.05) is 42.5 Å². The first-order valence-corrected chi connectivity index (χ1v) is 16.3. The monoisotopic (exact) mass is 597 g/mol. The van der Waals surface area contributed by atoms with Gasteiger partial charge >= 0.3 is 19.8 Å². The molecule has 0 aliphatic carbocycles. The number of allylic oxidation sites excluding steroid dienone is 10. The number of ether oxygens (including phenoxy) is 2. The molecule has 0 amide bonds. The van der Waals surface area contributed by atoms with E-state index in [-0.39, 0.29) is 32.6 Å². The maximum Gasteiger partial charge on any atom is 0.472 e. The number of rotatable bonds is 26. The van der Waals surface area contributed by atoms with E-state index in [2.05, 4.69) is 32.1 Å². The van der Waals surface area contributed by atoms with Gasteiger partial charge in [0.1, 0.15) is 6.61 Å². The van der Waals surface area contributed by atoms with Crippen LogP contribution >= 0.6 is 7.82 Å². The zero-order chi connectivity index (χ0) is 30.4. The minimum Gasteiger partial charge on any atom is -0.462 e. The summed E-state index contributed by atoms with van der Waals surface area (Å²) in [6, 6.07) is 0. The van der Waals surface area contributed by atoms with Crippen molar-refractivity contribution in [2.75, 3.05) is 26.4 Å². The lowest BCUT2D eigenvalue weighted by Gasteiger charge is -2.19. The Bertz CT molecular complexity index is 866. The van der Waals surface area contributed by atoms with Crippen LogP contribution in [0, 0.1) is 0 Å². The number of unbranched alkanes of at least 4 members (excludes halogenated alkanes) is 6. The van der Waals surface area contributed by atoms with Crippen molar-refractivity contribution in [2.45, 2.75) is 97.0 Å². The molecule has 0 rings (SSSR count). The average molecular weight is 598 g/mol. The third kappa shape index (κ3) is 27.6. The van der Waals surface area contributed by atoms with E-state index in [1.54, 1.807) is 0 Å². The summed E-state index contributed by atoms with van der Waals surface area (Å²) in [7, 11) is -4.38. The van der Waals surface area contributed by atoms with Crippen LogP contribution in [0.1, 0.15) is 90.9 Å². The Balaban J connectivity index is 4.49. The summed E-state index contributed by atoms with van der Waals surface area (Å²) in [4.78, 5) is 34.2. The molecule has 0 fully saturated rings. The highest BCUT2D eigenvalue weighted by molar-refractivity contribution is 7.47. The van der Waals surface area contributed by atoms with E-state index in [4.69, 9.17) is 24.3 Å².